The van der Waals surface area contributed by atoms with Gasteiger partial charge in [0.1, 0.15) is 11.8 Å². The first-order chi connectivity index (χ1) is 15.0. The van der Waals surface area contributed by atoms with E-state index >= 15 is 0 Å². The van der Waals surface area contributed by atoms with Crippen LogP contribution in [0, 0.1) is 5.92 Å². The van der Waals surface area contributed by atoms with Crippen molar-refractivity contribution >= 4 is 23.3 Å². The van der Waals surface area contributed by atoms with Crippen LogP contribution in [-0.4, -0.2) is 41.7 Å². The number of hydrogen-bond donors (Lipinski definition) is 1. The molecule has 2 aromatic rings. The molecule has 6 nitrogen and oxygen atoms in total. The fraction of sp³-hybridized carbons (Fsp3) is 0.400. The Morgan fingerprint density at radius 3 is 2.58 bits per heavy atom. The molecule has 0 spiro atoms. The van der Waals surface area contributed by atoms with Gasteiger partial charge in [0.15, 0.2) is 5.78 Å². The van der Waals surface area contributed by atoms with Crippen LogP contribution < -0.4 is 10.1 Å². The van der Waals surface area contributed by atoms with Crippen LogP contribution >= 0.6 is 0 Å². The van der Waals surface area contributed by atoms with Crippen molar-refractivity contribution in [3.05, 3.63) is 59.7 Å². The van der Waals surface area contributed by atoms with Crippen LogP contribution in [0.25, 0.3) is 0 Å². The summed E-state index contributed by atoms with van der Waals surface area (Å²) in [6, 6.07) is 13.6. The van der Waals surface area contributed by atoms with Crippen molar-refractivity contribution in [2.45, 2.75) is 51.1 Å². The molecule has 0 bridgehead atoms. The third kappa shape index (κ3) is 4.20. The van der Waals surface area contributed by atoms with Gasteiger partial charge in [-0.15, -0.1) is 0 Å². The lowest BCUT2D eigenvalue weighted by molar-refractivity contribution is -0.120. The summed E-state index contributed by atoms with van der Waals surface area (Å²) < 4.78 is 5.41. The van der Waals surface area contributed by atoms with E-state index in [0.717, 1.165) is 25.7 Å². The molecule has 3 unspecified atom stereocenters. The number of ketones is 1. The highest BCUT2D eigenvalue weighted by Crippen LogP contribution is 2.41. The van der Waals surface area contributed by atoms with Gasteiger partial charge in [0, 0.05) is 17.3 Å². The molecule has 1 saturated carbocycles. The summed E-state index contributed by atoms with van der Waals surface area (Å²) in [6.45, 7) is 1.50. The summed E-state index contributed by atoms with van der Waals surface area (Å²) in [5.74, 6) is 0.408. The quantitative estimate of drug-likeness (QED) is 0.732. The zero-order valence-corrected chi connectivity index (χ0v) is 18.0. The number of rotatable bonds is 5. The van der Waals surface area contributed by atoms with Crippen LogP contribution in [0.1, 0.15) is 59.7 Å². The number of amides is 2. The van der Waals surface area contributed by atoms with Gasteiger partial charge in [-0.05, 0) is 56.4 Å². The molecule has 2 amide bonds. The number of likely N-dealkylation sites (tertiary alicyclic amines) is 1. The van der Waals surface area contributed by atoms with Gasteiger partial charge >= 0.3 is 0 Å². The van der Waals surface area contributed by atoms with E-state index in [1.54, 1.807) is 48.4 Å². The molecule has 4 rings (SSSR count). The number of hydrogen-bond acceptors (Lipinski definition) is 4. The van der Waals surface area contributed by atoms with Crippen LogP contribution in [-0.2, 0) is 4.79 Å². The van der Waals surface area contributed by atoms with E-state index in [2.05, 4.69) is 5.32 Å². The molecule has 1 aliphatic heterocycles. The zero-order valence-electron chi connectivity index (χ0n) is 18.0. The first kappa shape index (κ1) is 21.1. The number of anilines is 1. The lowest BCUT2D eigenvalue weighted by Gasteiger charge is -2.34. The van der Waals surface area contributed by atoms with E-state index in [1.165, 1.54) is 6.92 Å². The monoisotopic (exact) mass is 420 g/mol. The molecule has 0 radical (unpaired) electrons. The Morgan fingerprint density at radius 2 is 1.81 bits per heavy atom. The largest absolute Gasteiger partial charge is 0.496 e. The lowest BCUT2D eigenvalue weighted by Crippen LogP contribution is -2.48. The number of nitrogens with zero attached hydrogens (tertiary/aromatic N) is 1. The third-order valence-corrected chi connectivity index (χ3v) is 6.50. The summed E-state index contributed by atoms with van der Waals surface area (Å²) in [5.41, 5.74) is 1.59. The molecule has 6 heteroatoms. The Balaban J connectivity index is 1.63. The van der Waals surface area contributed by atoms with Gasteiger partial charge in [0.05, 0.1) is 12.7 Å². The molecule has 0 aromatic heterocycles. The Kier molecular flexibility index (Phi) is 6.07. The predicted molar refractivity (Wildman–Crippen MR) is 118 cm³/mol. The molecule has 1 N–H and O–H groups in total. The standard InChI is InChI=1S/C25H28N2O4/c1-16(28)17-9-7-10-19(14-17)26-24(29)22-15-18-8-3-5-12-21(18)27(22)25(30)20-11-4-6-13-23(20)31-2/h4,6-7,9-11,13-14,18,21-22H,3,5,8,12,15H2,1-2H3,(H,26,29). The van der Waals surface area contributed by atoms with E-state index in [0.29, 0.717) is 34.9 Å². The fourth-order valence-corrected chi connectivity index (χ4v) is 4.99. The van der Waals surface area contributed by atoms with Crippen molar-refractivity contribution in [2.24, 2.45) is 5.92 Å². The fourth-order valence-electron chi connectivity index (χ4n) is 4.99. The smallest absolute Gasteiger partial charge is 0.258 e. The average molecular weight is 421 g/mol. The summed E-state index contributed by atoms with van der Waals surface area (Å²) >= 11 is 0. The maximum Gasteiger partial charge on any atom is 0.258 e. The molecular weight excluding hydrogens is 392 g/mol. The van der Waals surface area contributed by atoms with Gasteiger partial charge in [-0.3, -0.25) is 14.4 Å². The van der Waals surface area contributed by atoms with E-state index in [1.807, 2.05) is 12.1 Å². The van der Waals surface area contributed by atoms with Crippen molar-refractivity contribution in [1.82, 2.24) is 4.90 Å². The number of methoxy groups -OCH3 is 1. The minimum absolute atomic E-state index is 0.0593. The van der Waals surface area contributed by atoms with Gasteiger partial charge in [-0.1, -0.05) is 37.1 Å². The molecule has 3 atom stereocenters. The number of ether oxygens (including phenoxy) is 1. The molecule has 2 fully saturated rings. The number of fused-ring (bicyclic) bond motifs is 1. The zero-order chi connectivity index (χ0) is 22.0. The number of Topliss-reactive ketones (excluding diaryl/α,β-unsaturated/α-hetero) is 1. The minimum atomic E-state index is -0.550. The Labute approximate surface area is 182 Å². The van der Waals surface area contributed by atoms with Crippen LogP contribution in [0.3, 0.4) is 0 Å². The Morgan fingerprint density at radius 1 is 1.03 bits per heavy atom. The van der Waals surface area contributed by atoms with E-state index in [9.17, 15) is 14.4 Å². The Bertz CT molecular complexity index is 1000. The molecule has 2 aliphatic rings. The van der Waals surface area contributed by atoms with Crippen LogP contribution in [0.5, 0.6) is 5.75 Å². The maximum atomic E-state index is 13.6. The van der Waals surface area contributed by atoms with Crippen LogP contribution in [0.2, 0.25) is 0 Å². The first-order valence-electron chi connectivity index (χ1n) is 10.9. The Hall–Kier alpha value is -3.15. The highest BCUT2D eigenvalue weighted by Gasteiger charge is 2.48. The van der Waals surface area contributed by atoms with E-state index in [4.69, 9.17) is 4.74 Å². The van der Waals surface area contributed by atoms with E-state index in [-0.39, 0.29) is 23.6 Å². The van der Waals surface area contributed by atoms with Crippen molar-refractivity contribution < 1.29 is 19.1 Å². The number of carbonyl (C=O) groups is 3. The second-order valence-electron chi connectivity index (χ2n) is 8.40. The summed E-state index contributed by atoms with van der Waals surface area (Å²) in [5, 5.41) is 2.94. The molecule has 1 saturated heterocycles. The maximum absolute atomic E-state index is 13.6. The minimum Gasteiger partial charge on any atom is -0.496 e. The van der Waals surface area contributed by atoms with Gasteiger partial charge in [-0.2, -0.15) is 0 Å². The summed E-state index contributed by atoms with van der Waals surface area (Å²) in [7, 11) is 1.55. The predicted octanol–water partition coefficient (Wildman–Crippen LogP) is 4.31. The summed E-state index contributed by atoms with van der Waals surface area (Å²) in [4.78, 5) is 40.4. The second-order valence-corrected chi connectivity index (χ2v) is 8.40. The van der Waals surface area contributed by atoms with Crippen LogP contribution in [0.4, 0.5) is 5.69 Å². The SMILES string of the molecule is COc1ccccc1C(=O)N1C(C(=O)Nc2cccc(C(C)=O)c2)CC2CCCCC21. The molecule has 1 aliphatic carbocycles. The normalized spacial score (nSPS) is 22.5. The van der Waals surface area contributed by atoms with Crippen LogP contribution in [0.15, 0.2) is 48.5 Å². The summed E-state index contributed by atoms with van der Waals surface area (Å²) in [6.07, 6.45) is 4.79. The van der Waals surface area contributed by atoms with Crippen molar-refractivity contribution in [3.63, 3.8) is 0 Å². The van der Waals surface area contributed by atoms with E-state index < -0.39 is 6.04 Å². The topological polar surface area (TPSA) is 75.7 Å². The second kappa shape index (κ2) is 8.92. The molecule has 162 valence electrons. The highest BCUT2D eigenvalue weighted by atomic mass is 16.5. The average Bonchev–Trinajstić information content (AvgIpc) is 3.18. The molecular formula is C25H28N2O4. The number of nitrogens with one attached hydrogen (secondary N) is 1. The number of benzene rings is 2. The molecule has 1 heterocycles. The van der Waals surface area contributed by atoms with Gasteiger partial charge in [-0.25, -0.2) is 0 Å². The van der Waals surface area contributed by atoms with Gasteiger partial charge in [0.2, 0.25) is 5.91 Å². The van der Waals surface area contributed by atoms with Crippen molar-refractivity contribution in [1.29, 1.82) is 0 Å². The first-order valence-corrected chi connectivity index (χ1v) is 10.9. The van der Waals surface area contributed by atoms with Gasteiger partial charge in [0.25, 0.3) is 5.91 Å². The van der Waals surface area contributed by atoms with Crippen molar-refractivity contribution in [3.8, 4) is 5.75 Å². The van der Waals surface area contributed by atoms with Crippen molar-refractivity contribution in [2.75, 3.05) is 12.4 Å². The van der Waals surface area contributed by atoms with Gasteiger partial charge < -0.3 is 15.0 Å². The number of para-hydroxylation sites is 1. The highest BCUT2D eigenvalue weighted by molar-refractivity contribution is 6.03. The lowest BCUT2D eigenvalue weighted by atomic mass is 9.84. The number of carbonyl (C=O) groups excluding carboxylic acids is 3. The molecule has 31 heavy (non-hydrogen) atoms. The molecule has 2 aromatic carbocycles. The third-order valence-electron chi connectivity index (χ3n) is 6.50.